The standard InChI is InChI=1S/C42H26O/c1-3-12-27(13-4-1)29-22-24-31-30(26-29)23-25-37-41-36(20-11-21-38(41)43-42(31)37)40-34-18-9-7-16-32(34)39(28-14-5-2-6-15-28)33-17-8-10-19-35(33)40/h1-26H/i1D,2D,3D,4D,5D,6D,12D,13D,14D,15D. The molecular formula is C42H26O. The van der Waals surface area contributed by atoms with Gasteiger partial charge in [-0.25, -0.2) is 0 Å². The van der Waals surface area contributed by atoms with Crippen LogP contribution in [0.5, 0.6) is 0 Å². The molecule has 0 fully saturated rings. The Kier molecular flexibility index (Phi) is 3.53. The highest BCUT2D eigenvalue weighted by Crippen LogP contribution is 2.47. The van der Waals surface area contributed by atoms with Crippen molar-refractivity contribution in [3.05, 3.63) is 157 Å². The molecular weight excluding hydrogens is 520 g/mol. The van der Waals surface area contributed by atoms with Crippen molar-refractivity contribution in [2.45, 2.75) is 0 Å². The van der Waals surface area contributed by atoms with E-state index in [1.807, 2.05) is 91.0 Å². The van der Waals surface area contributed by atoms with Gasteiger partial charge in [-0.05, 0) is 84.6 Å². The summed E-state index contributed by atoms with van der Waals surface area (Å²) < 4.78 is 90.6. The molecule has 0 saturated carbocycles. The highest BCUT2D eigenvalue weighted by molar-refractivity contribution is 6.27. The maximum atomic E-state index is 8.87. The molecule has 8 aromatic carbocycles. The zero-order chi connectivity index (χ0) is 37.0. The predicted octanol–water partition coefficient (Wildman–Crippen LogP) is 12.0. The highest BCUT2D eigenvalue weighted by Gasteiger charge is 2.20. The van der Waals surface area contributed by atoms with Gasteiger partial charge in [-0.3, -0.25) is 0 Å². The number of hydrogen-bond acceptors (Lipinski definition) is 1. The summed E-state index contributed by atoms with van der Waals surface area (Å²) in [6.07, 6.45) is 0. The summed E-state index contributed by atoms with van der Waals surface area (Å²) in [7, 11) is 0. The normalized spacial score (nSPS) is 15.0. The number of furan rings is 1. The van der Waals surface area contributed by atoms with Crippen LogP contribution in [0, 0.1) is 0 Å². The zero-order valence-electron chi connectivity index (χ0n) is 32.6. The van der Waals surface area contributed by atoms with E-state index in [0.29, 0.717) is 22.3 Å². The van der Waals surface area contributed by atoms with Gasteiger partial charge < -0.3 is 4.42 Å². The Morgan fingerprint density at radius 3 is 1.72 bits per heavy atom. The van der Waals surface area contributed by atoms with Crippen LogP contribution in [0.25, 0.3) is 87.6 Å². The van der Waals surface area contributed by atoms with E-state index < -0.39 is 12.1 Å². The van der Waals surface area contributed by atoms with E-state index in [4.69, 9.17) is 18.1 Å². The summed E-state index contributed by atoms with van der Waals surface area (Å²) in [4.78, 5) is 0. The molecule has 0 saturated heterocycles. The Bertz CT molecular complexity index is 2960. The molecule has 0 N–H and O–H groups in total. The fourth-order valence-corrected chi connectivity index (χ4v) is 6.43. The van der Waals surface area contributed by atoms with Crippen LogP contribution in [0.3, 0.4) is 0 Å². The van der Waals surface area contributed by atoms with Gasteiger partial charge in [0.25, 0.3) is 0 Å². The molecule has 0 aliphatic carbocycles. The molecule has 9 aromatic rings. The van der Waals surface area contributed by atoms with Gasteiger partial charge in [-0.15, -0.1) is 0 Å². The lowest BCUT2D eigenvalue weighted by Crippen LogP contribution is -1.91. The van der Waals surface area contributed by atoms with Gasteiger partial charge in [0.1, 0.15) is 11.2 Å². The van der Waals surface area contributed by atoms with Crippen LogP contribution in [0.4, 0.5) is 0 Å². The fraction of sp³-hybridized carbons (Fsp3) is 0. The minimum absolute atomic E-state index is 0.135. The first kappa shape index (κ1) is 16.1. The third-order valence-corrected chi connectivity index (χ3v) is 8.22. The van der Waals surface area contributed by atoms with E-state index in [9.17, 15) is 0 Å². The van der Waals surface area contributed by atoms with Gasteiger partial charge >= 0.3 is 0 Å². The predicted molar refractivity (Wildman–Crippen MR) is 183 cm³/mol. The van der Waals surface area contributed by atoms with E-state index in [-0.39, 0.29) is 59.5 Å². The second kappa shape index (κ2) is 9.44. The molecule has 1 heterocycles. The molecule has 200 valence electrons. The maximum absolute atomic E-state index is 8.87. The topological polar surface area (TPSA) is 13.1 Å². The third kappa shape index (κ3) is 3.65. The quantitative estimate of drug-likeness (QED) is 0.197. The van der Waals surface area contributed by atoms with Crippen LogP contribution >= 0.6 is 0 Å². The van der Waals surface area contributed by atoms with Crippen LogP contribution in [0.1, 0.15) is 13.7 Å². The minimum atomic E-state index is -0.440. The van der Waals surface area contributed by atoms with E-state index in [2.05, 4.69) is 0 Å². The van der Waals surface area contributed by atoms with Crippen LogP contribution in [-0.2, 0) is 0 Å². The molecule has 0 amide bonds. The second-order valence-electron chi connectivity index (χ2n) is 10.5. The molecule has 43 heavy (non-hydrogen) atoms. The summed E-state index contributed by atoms with van der Waals surface area (Å²) in [6.45, 7) is 0. The van der Waals surface area contributed by atoms with E-state index in [1.165, 1.54) is 0 Å². The fourth-order valence-electron chi connectivity index (χ4n) is 6.43. The Morgan fingerprint density at radius 2 is 1.05 bits per heavy atom. The van der Waals surface area contributed by atoms with Crippen LogP contribution < -0.4 is 0 Å². The lowest BCUT2D eigenvalue weighted by molar-refractivity contribution is 0.673. The maximum Gasteiger partial charge on any atom is 0.143 e. The van der Waals surface area contributed by atoms with Gasteiger partial charge in [0.05, 0.1) is 13.7 Å². The van der Waals surface area contributed by atoms with Crippen molar-refractivity contribution in [2.24, 2.45) is 0 Å². The summed E-state index contributed by atoms with van der Waals surface area (Å²) >= 11 is 0. The molecule has 0 unspecified atom stereocenters. The first-order chi connectivity index (χ1) is 25.5. The number of rotatable bonds is 3. The van der Waals surface area contributed by atoms with Crippen molar-refractivity contribution in [3.8, 4) is 33.4 Å². The zero-order valence-corrected chi connectivity index (χ0v) is 22.6. The SMILES string of the molecule is [2H]c1c([2H])c([2H])c(-c2ccc3c(ccc4c3oc3cccc(-c5c6ccccc6c(-c6c([2H])c([2H])c([2H])c([2H])c6[2H])c6ccccc56)c34)c2)c([2H])c1[2H]. The minimum Gasteiger partial charge on any atom is -0.455 e. The highest BCUT2D eigenvalue weighted by atomic mass is 16.3. The van der Waals surface area contributed by atoms with E-state index >= 15 is 0 Å². The van der Waals surface area contributed by atoms with Crippen molar-refractivity contribution >= 4 is 54.3 Å². The van der Waals surface area contributed by atoms with Gasteiger partial charge in [0.2, 0.25) is 0 Å². The van der Waals surface area contributed by atoms with Crippen molar-refractivity contribution in [3.63, 3.8) is 0 Å². The molecule has 1 nitrogen and oxygen atoms in total. The second-order valence-corrected chi connectivity index (χ2v) is 10.5. The van der Waals surface area contributed by atoms with Crippen LogP contribution in [0.2, 0.25) is 0 Å². The summed E-state index contributed by atoms with van der Waals surface area (Å²) in [6, 6.07) is 27.2. The van der Waals surface area contributed by atoms with Crippen molar-refractivity contribution < 1.29 is 18.1 Å². The molecule has 9 rings (SSSR count). The van der Waals surface area contributed by atoms with Crippen molar-refractivity contribution in [2.75, 3.05) is 0 Å². The molecule has 0 atom stereocenters. The molecule has 1 aromatic heterocycles. The molecule has 0 aliphatic heterocycles. The first-order valence-corrected chi connectivity index (χ1v) is 14.0. The van der Waals surface area contributed by atoms with Gasteiger partial charge in [-0.2, -0.15) is 0 Å². The number of benzene rings is 8. The lowest BCUT2D eigenvalue weighted by atomic mass is 9.85. The Labute approximate surface area is 263 Å². The Hall–Kier alpha value is -5.66. The lowest BCUT2D eigenvalue weighted by Gasteiger charge is -2.18. The van der Waals surface area contributed by atoms with Gasteiger partial charge in [-0.1, -0.05) is 133 Å². The average Bonchev–Trinajstić information content (AvgIpc) is 3.57. The first-order valence-electron chi connectivity index (χ1n) is 19.0. The third-order valence-electron chi connectivity index (χ3n) is 8.22. The van der Waals surface area contributed by atoms with Crippen LogP contribution in [0.15, 0.2) is 162 Å². The molecule has 0 aliphatic rings. The molecule has 0 spiro atoms. The Balaban J connectivity index is 1.33. The van der Waals surface area contributed by atoms with Crippen LogP contribution in [-0.4, -0.2) is 0 Å². The molecule has 0 radical (unpaired) electrons. The Morgan fingerprint density at radius 1 is 0.442 bits per heavy atom. The number of hydrogen-bond donors (Lipinski definition) is 0. The van der Waals surface area contributed by atoms with Crippen molar-refractivity contribution in [1.29, 1.82) is 0 Å². The summed E-state index contributed by atoms with van der Waals surface area (Å²) in [5.74, 6) is 0. The number of fused-ring (bicyclic) bond motifs is 7. The monoisotopic (exact) mass is 556 g/mol. The summed E-state index contributed by atoms with van der Waals surface area (Å²) in [5.41, 5.74) is 4.47. The largest absolute Gasteiger partial charge is 0.455 e. The van der Waals surface area contributed by atoms with Gasteiger partial charge in [0.15, 0.2) is 0 Å². The summed E-state index contributed by atoms with van der Waals surface area (Å²) in [5, 5.41) is 6.50. The molecule has 1 heteroatoms. The van der Waals surface area contributed by atoms with Crippen molar-refractivity contribution in [1.82, 2.24) is 0 Å². The molecule has 0 bridgehead atoms. The van der Waals surface area contributed by atoms with Gasteiger partial charge in [0, 0.05) is 16.2 Å². The van der Waals surface area contributed by atoms with E-state index in [1.54, 1.807) is 6.07 Å². The smallest absolute Gasteiger partial charge is 0.143 e. The van der Waals surface area contributed by atoms with E-state index in [0.717, 1.165) is 54.2 Å². The average molecular weight is 557 g/mol.